The monoisotopic (exact) mass is 616 g/mol. The van der Waals surface area contributed by atoms with Crippen molar-refractivity contribution >= 4 is 5.97 Å². The van der Waals surface area contributed by atoms with Gasteiger partial charge in [-0.25, -0.2) is 0 Å². The van der Waals surface area contributed by atoms with Crippen LogP contribution in [0.4, 0.5) is 0 Å². The second-order valence-corrected chi connectivity index (χ2v) is 5.38. The second kappa shape index (κ2) is 41.2. The molecular formula is C25H22Co2O11. The van der Waals surface area contributed by atoms with Crippen LogP contribution < -0.4 is 14.2 Å². The van der Waals surface area contributed by atoms with Gasteiger partial charge in [0.2, 0.25) is 5.75 Å². The van der Waals surface area contributed by atoms with Crippen LogP contribution in [0.15, 0.2) is 23.3 Å². The van der Waals surface area contributed by atoms with Gasteiger partial charge in [0.15, 0.2) is 11.5 Å². The number of esters is 1. The number of carbonyl (C=O) groups excluding carboxylic acids is 1. The zero-order valence-corrected chi connectivity index (χ0v) is 22.7. The van der Waals surface area contributed by atoms with Crippen molar-refractivity contribution < 1.29 is 85.2 Å². The average molecular weight is 616 g/mol. The molecule has 0 N–H and O–H groups in total. The first-order valence-corrected chi connectivity index (χ1v) is 8.97. The summed E-state index contributed by atoms with van der Waals surface area (Å²) >= 11 is 0. The van der Waals surface area contributed by atoms with Crippen molar-refractivity contribution in [3.63, 3.8) is 0 Å². The van der Waals surface area contributed by atoms with E-state index in [0.29, 0.717) is 23.9 Å². The summed E-state index contributed by atoms with van der Waals surface area (Å²) < 4.78 is 66.1. The summed E-state index contributed by atoms with van der Waals surface area (Å²) in [5.74, 6) is 1.41. The first-order valence-electron chi connectivity index (χ1n) is 8.97. The zero-order valence-electron chi connectivity index (χ0n) is 20.6. The molecule has 13 heteroatoms. The Morgan fingerprint density at radius 3 is 1.53 bits per heavy atom. The van der Waals surface area contributed by atoms with E-state index in [2.05, 4.69) is 52.1 Å². The first kappa shape index (κ1) is 51.6. The first-order chi connectivity index (χ1) is 17.6. The van der Waals surface area contributed by atoms with Crippen LogP contribution in [0.25, 0.3) is 0 Å². The molecule has 206 valence electrons. The van der Waals surface area contributed by atoms with Gasteiger partial charge in [-0.05, 0) is 60.3 Å². The van der Waals surface area contributed by atoms with Crippen LogP contribution in [-0.4, -0.2) is 33.9 Å². The fourth-order valence-corrected chi connectivity index (χ4v) is 2.61. The molecular weight excluding hydrogens is 594 g/mol. The maximum absolute atomic E-state index is 11.0. The molecule has 4 radical (unpaired) electrons. The van der Waals surface area contributed by atoms with E-state index in [1.807, 2.05) is 12.1 Å². The fraction of sp³-hybridized carbons (Fsp3) is 0.320. The van der Waals surface area contributed by atoms with Crippen LogP contribution >= 0.6 is 0 Å². The molecule has 0 saturated heterocycles. The minimum absolute atomic E-state index is 0. The van der Waals surface area contributed by atoms with E-state index in [-0.39, 0.29) is 39.5 Å². The van der Waals surface area contributed by atoms with Crippen LogP contribution in [0.2, 0.25) is 0 Å². The van der Waals surface area contributed by atoms with E-state index >= 15 is 0 Å². The van der Waals surface area contributed by atoms with E-state index in [0.717, 1.165) is 36.0 Å². The number of ether oxygens (including phenoxy) is 4. The molecule has 2 rings (SSSR count). The van der Waals surface area contributed by atoms with Crippen molar-refractivity contribution in [3.8, 4) is 17.2 Å². The Bertz CT molecular complexity index is 853. The standard InChI is InChI=1S/C19H22O5.6CO.2Co/c1-13(20)24-12-16-7-5-6-15(16)9-8-14-10-17(21-2)19(23-4)18(11-14)22-3;6*1-2;;/h10-11H,5-7,12H2,1-4H3;;;;;;;;. The molecule has 0 spiro atoms. The predicted octanol–water partition coefficient (Wildman–Crippen LogP) is 3.04. The van der Waals surface area contributed by atoms with Crippen LogP contribution in [0.3, 0.4) is 0 Å². The van der Waals surface area contributed by atoms with Gasteiger partial charge in [-0.1, -0.05) is 0 Å². The van der Waals surface area contributed by atoms with E-state index in [4.69, 9.17) is 46.9 Å². The molecule has 38 heavy (non-hydrogen) atoms. The van der Waals surface area contributed by atoms with Crippen molar-refractivity contribution in [3.05, 3.63) is 80.9 Å². The Morgan fingerprint density at radius 2 is 1.18 bits per heavy atom. The van der Waals surface area contributed by atoms with Gasteiger partial charge in [0, 0.05) is 40.5 Å². The van der Waals surface area contributed by atoms with E-state index in [1.54, 1.807) is 21.3 Å². The molecule has 11 nitrogen and oxygen atoms in total. The van der Waals surface area contributed by atoms with Crippen molar-refractivity contribution in [2.24, 2.45) is 0 Å². The molecule has 0 atom stereocenters. The van der Waals surface area contributed by atoms with E-state index in [9.17, 15) is 4.79 Å². The number of allylic oxidation sites excluding steroid dienone is 2. The van der Waals surface area contributed by atoms with Gasteiger partial charge in [0.05, 0.1) is 21.3 Å². The van der Waals surface area contributed by atoms with E-state index < -0.39 is 0 Å². The van der Waals surface area contributed by atoms with Gasteiger partial charge < -0.3 is 18.9 Å². The Balaban J connectivity index is -0.000000121. The van der Waals surface area contributed by atoms with Crippen molar-refractivity contribution in [2.75, 3.05) is 27.9 Å². The third kappa shape index (κ3) is 22.2. The van der Waals surface area contributed by atoms with Crippen molar-refractivity contribution in [1.29, 1.82) is 0 Å². The van der Waals surface area contributed by atoms with Gasteiger partial charge in [0.1, 0.15) is 6.61 Å². The van der Waals surface area contributed by atoms with Gasteiger partial charge in [0.25, 0.3) is 0 Å². The number of rotatable bonds is 7. The molecule has 1 aliphatic carbocycles. The summed E-state index contributed by atoms with van der Waals surface area (Å²) in [6, 6.07) is 3.63. The second-order valence-electron chi connectivity index (χ2n) is 5.38. The molecule has 0 amide bonds. The minimum atomic E-state index is -0.272. The maximum Gasteiger partial charge on any atom is 0 e. The molecule has 1 aliphatic rings. The van der Waals surface area contributed by atoms with Gasteiger partial charge in [-0.15, -0.1) is 0 Å². The summed E-state index contributed by atoms with van der Waals surface area (Å²) in [7, 11) is 4.72. The fourth-order valence-electron chi connectivity index (χ4n) is 2.61. The molecule has 1 aromatic carbocycles. The number of methoxy groups -OCH3 is 3. The predicted molar refractivity (Wildman–Crippen MR) is 113 cm³/mol. The SMILES string of the molecule is COc1cc([C]=[C]C2=C(COC(C)=O)CCC2)cc(OC)c1OC.[C-]#[O+].[C-]#[O+].[C-]#[O+].[C-]#[O+].[C-]#[O+].[C-]#[O+].[Co].[Co]. The topological polar surface area (TPSA) is 173 Å². The Kier molecular flexibility index (Phi) is 55.9. The van der Waals surface area contributed by atoms with Crippen molar-refractivity contribution in [1.82, 2.24) is 0 Å². The number of carbonyl (C=O) groups is 1. The van der Waals surface area contributed by atoms with Gasteiger partial charge in [-0.3, -0.25) is 4.79 Å². The third-order valence-corrected chi connectivity index (χ3v) is 3.80. The summed E-state index contributed by atoms with van der Waals surface area (Å²) in [4.78, 5) is 11.0. The average Bonchev–Trinajstić information content (AvgIpc) is 3.44. The molecule has 0 fully saturated rings. The van der Waals surface area contributed by atoms with Gasteiger partial charge >= 0.3 is 73.8 Å². The summed E-state index contributed by atoms with van der Waals surface area (Å²) in [5, 5.41) is 0. The largest absolute Gasteiger partial charge is 0 e. The summed E-state index contributed by atoms with van der Waals surface area (Å²) in [6.07, 6.45) is 9.21. The maximum atomic E-state index is 11.0. The molecule has 0 unspecified atom stereocenters. The van der Waals surface area contributed by atoms with Crippen molar-refractivity contribution in [2.45, 2.75) is 26.2 Å². The van der Waals surface area contributed by atoms with E-state index in [1.165, 1.54) is 6.92 Å². The Labute approximate surface area is 243 Å². The minimum Gasteiger partial charge on any atom is 0 e. The normalized spacial score (nSPS) is 9.26. The van der Waals surface area contributed by atoms with Crippen LogP contribution in [0, 0.1) is 52.1 Å². The van der Waals surface area contributed by atoms with Crippen LogP contribution in [0.1, 0.15) is 31.7 Å². The molecule has 0 saturated carbocycles. The third-order valence-electron chi connectivity index (χ3n) is 3.80. The molecule has 0 heterocycles. The van der Waals surface area contributed by atoms with Crippen LogP contribution in [0.5, 0.6) is 17.2 Å². The molecule has 1 aromatic rings. The zero-order chi connectivity index (χ0) is 29.5. The number of hydrogen-bond donors (Lipinski definition) is 0. The Morgan fingerprint density at radius 1 is 0.763 bits per heavy atom. The quantitative estimate of drug-likeness (QED) is 0.260. The molecule has 0 bridgehead atoms. The number of benzene rings is 1. The smallest absolute Gasteiger partial charge is 0 e. The van der Waals surface area contributed by atoms with Gasteiger partial charge in [-0.2, -0.15) is 0 Å². The summed E-state index contributed by atoms with van der Waals surface area (Å²) in [6.45, 7) is 28.7. The molecule has 0 aromatic heterocycles. The number of hydrogen-bond acceptors (Lipinski definition) is 5. The Hall–Kier alpha value is -2.98. The van der Waals surface area contributed by atoms with Crippen LogP contribution in [-0.2, 0) is 71.0 Å². The molecule has 0 aliphatic heterocycles. The summed E-state index contributed by atoms with van der Waals surface area (Å²) in [5.41, 5.74) is 2.92.